The number of carboxylic acid groups (broad SMARTS) is 1. The van der Waals surface area contributed by atoms with Gasteiger partial charge in [-0.3, -0.25) is 0 Å². The van der Waals surface area contributed by atoms with Crippen LogP contribution in [0.15, 0.2) is 32.7 Å². The number of hydrogen-bond acceptors (Lipinski definition) is 6. The molecule has 1 aromatic carbocycles. The average molecular weight is 251 g/mol. The lowest BCUT2D eigenvalue weighted by atomic mass is 10.2. The third-order valence-electron chi connectivity index (χ3n) is 1.97. The van der Waals surface area contributed by atoms with Gasteiger partial charge in [0.2, 0.25) is 5.89 Å². The molecule has 2 aromatic rings. The normalized spacial score (nSPS) is 10.4. The first kappa shape index (κ1) is 11.5. The lowest BCUT2D eigenvalue weighted by molar-refractivity contribution is 0.0698. The van der Waals surface area contributed by atoms with Crippen LogP contribution < -0.4 is 5.73 Å². The fourth-order valence-electron chi connectivity index (χ4n) is 1.20. The molecule has 2 rings (SSSR count). The molecule has 6 nitrogen and oxygen atoms in total. The van der Waals surface area contributed by atoms with E-state index in [0.29, 0.717) is 16.0 Å². The first-order valence-corrected chi connectivity index (χ1v) is 5.48. The summed E-state index contributed by atoms with van der Waals surface area (Å²) in [6.45, 7) is 1.68. The van der Waals surface area contributed by atoms with Crippen LogP contribution in [0.3, 0.4) is 0 Å². The maximum Gasteiger partial charge on any atom is 0.337 e. The summed E-state index contributed by atoms with van der Waals surface area (Å²) in [5, 5.41) is 16.8. The van der Waals surface area contributed by atoms with E-state index in [1.54, 1.807) is 13.0 Å². The van der Waals surface area contributed by atoms with Gasteiger partial charge in [-0.2, -0.15) is 0 Å². The van der Waals surface area contributed by atoms with E-state index in [0.717, 1.165) is 0 Å². The number of aryl methyl sites for hydroxylation is 1. The first-order valence-electron chi connectivity index (χ1n) is 4.67. The minimum Gasteiger partial charge on any atom is -0.478 e. The van der Waals surface area contributed by atoms with Crippen molar-refractivity contribution in [3.63, 3.8) is 0 Å². The molecule has 0 saturated heterocycles. The van der Waals surface area contributed by atoms with E-state index in [4.69, 9.17) is 15.3 Å². The largest absolute Gasteiger partial charge is 0.478 e. The molecule has 0 aliphatic carbocycles. The highest BCUT2D eigenvalue weighted by molar-refractivity contribution is 7.99. The van der Waals surface area contributed by atoms with Crippen molar-refractivity contribution in [3.05, 3.63) is 29.7 Å². The molecule has 7 heteroatoms. The Morgan fingerprint density at radius 3 is 2.82 bits per heavy atom. The van der Waals surface area contributed by atoms with Crippen LogP contribution in [-0.2, 0) is 0 Å². The Hall–Kier alpha value is -2.02. The second kappa shape index (κ2) is 4.46. The Morgan fingerprint density at radius 1 is 1.47 bits per heavy atom. The highest BCUT2D eigenvalue weighted by Gasteiger charge is 2.11. The van der Waals surface area contributed by atoms with E-state index >= 15 is 0 Å². The van der Waals surface area contributed by atoms with Gasteiger partial charge in [-0.1, -0.05) is 0 Å². The van der Waals surface area contributed by atoms with Gasteiger partial charge in [0.05, 0.1) is 5.56 Å². The van der Waals surface area contributed by atoms with Crippen molar-refractivity contribution < 1.29 is 14.3 Å². The predicted octanol–water partition coefficient (Wildman–Crippen LogP) is 1.81. The Balaban J connectivity index is 2.28. The molecular weight excluding hydrogens is 242 g/mol. The molecule has 0 atom stereocenters. The van der Waals surface area contributed by atoms with Gasteiger partial charge in [-0.25, -0.2) is 4.79 Å². The maximum atomic E-state index is 10.9. The summed E-state index contributed by atoms with van der Waals surface area (Å²) in [6, 6.07) is 4.71. The summed E-state index contributed by atoms with van der Waals surface area (Å²) in [5.41, 5.74) is 5.83. The van der Waals surface area contributed by atoms with Crippen LogP contribution in [0.4, 0.5) is 5.69 Å². The number of carbonyl (C=O) groups is 1. The quantitative estimate of drug-likeness (QED) is 0.802. The van der Waals surface area contributed by atoms with Gasteiger partial charge >= 0.3 is 5.97 Å². The Labute approximate surface area is 101 Å². The van der Waals surface area contributed by atoms with Crippen LogP contribution >= 0.6 is 11.8 Å². The smallest absolute Gasteiger partial charge is 0.337 e. The number of anilines is 1. The van der Waals surface area contributed by atoms with Gasteiger partial charge in [0.25, 0.3) is 5.22 Å². The summed E-state index contributed by atoms with van der Waals surface area (Å²) in [5.74, 6) is -0.604. The van der Waals surface area contributed by atoms with Crippen LogP contribution in [0, 0.1) is 6.92 Å². The molecule has 0 bridgehead atoms. The lowest BCUT2D eigenvalue weighted by Gasteiger charge is -2.02. The number of nitrogens with zero attached hydrogens (tertiary/aromatic N) is 2. The Kier molecular flexibility index (Phi) is 3.01. The fraction of sp³-hybridized carbons (Fsp3) is 0.100. The maximum absolute atomic E-state index is 10.9. The van der Waals surface area contributed by atoms with Crippen molar-refractivity contribution in [2.75, 3.05) is 5.73 Å². The number of carboxylic acids is 1. The third kappa shape index (κ3) is 2.56. The van der Waals surface area contributed by atoms with Gasteiger partial charge in [-0.15, -0.1) is 10.2 Å². The number of nitrogen functional groups attached to an aromatic ring is 1. The third-order valence-corrected chi connectivity index (χ3v) is 2.80. The molecule has 1 heterocycles. The van der Waals surface area contributed by atoms with Crippen molar-refractivity contribution in [1.82, 2.24) is 10.2 Å². The van der Waals surface area contributed by atoms with Gasteiger partial charge in [0.1, 0.15) is 0 Å². The van der Waals surface area contributed by atoms with E-state index in [9.17, 15) is 4.79 Å². The van der Waals surface area contributed by atoms with Crippen LogP contribution in [0.2, 0.25) is 0 Å². The molecule has 0 aliphatic rings. The number of aromatic carboxylic acids is 1. The molecule has 0 amide bonds. The summed E-state index contributed by atoms with van der Waals surface area (Å²) < 4.78 is 5.18. The molecule has 0 fully saturated rings. The Bertz CT molecular complexity index is 568. The zero-order chi connectivity index (χ0) is 12.4. The predicted molar refractivity (Wildman–Crippen MR) is 61.0 cm³/mol. The minimum atomic E-state index is -1.06. The van der Waals surface area contributed by atoms with Crippen molar-refractivity contribution in [1.29, 1.82) is 0 Å². The van der Waals surface area contributed by atoms with Gasteiger partial charge < -0.3 is 15.3 Å². The summed E-state index contributed by atoms with van der Waals surface area (Å²) in [7, 11) is 0. The van der Waals surface area contributed by atoms with E-state index in [-0.39, 0.29) is 11.3 Å². The molecule has 3 N–H and O–H groups in total. The second-order valence-corrected chi connectivity index (χ2v) is 4.27. The number of rotatable bonds is 3. The monoisotopic (exact) mass is 251 g/mol. The first-order chi connectivity index (χ1) is 8.06. The molecule has 0 saturated carbocycles. The summed E-state index contributed by atoms with van der Waals surface area (Å²) in [6.07, 6.45) is 0. The highest BCUT2D eigenvalue weighted by atomic mass is 32.2. The van der Waals surface area contributed by atoms with Crippen LogP contribution in [-0.4, -0.2) is 21.3 Å². The summed E-state index contributed by atoms with van der Waals surface area (Å²) in [4.78, 5) is 11.6. The van der Waals surface area contributed by atoms with E-state index in [1.807, 2.05) is 0 Å². The molecule has 0 unspecified atom stereocenters. The van der Waals surface area contributed by atoms with Crippen molar-refractivity contribution >= 4 is 23.4 Å². The van der Waals surface area contributed by atoms with Crippen molar-refractivity contribution in [3.8, 4) is 0 Å². The molecule has 0 radical (unpaired) electrons. The van der Waals surface area contributed by atoms with Gasteiger partial charge in [0, 0.05) is 17.5 Å². The molecule has 88 valence electrons. The van der Waals surface area contributed by atoms with Crippen molar-refractivity contribution in [2.24, 2.45) is 0 Å². The number of nitrogens with two attached hydrogens (primary N) is 1. The molecule has 0 spiro atoms. The average Bonchev–Trinajstić information content (AvgIpc) is 2.66. The van der Waals surface area contributed by atoms with Gasteiger partial charge in [0.15, 0.2) is 0 Å². The topological polar surface area (TPSA) is 102 Å². The van der Waals surface area contributed by atoms with Gasteiger partial charge in [-0.05, 0) is 30.0 Å². The summed E-state index contributed by atoms with van der Waals surface area (Å²) >= 11 is 1.19. The standard InChI is InChI=1S/C10H9N3O3S/c1-5-12-13-10(16-5)17-6-2-3-8(11)7(4-6)9(14)15/h2-4H,11H2,1H3,(H,14,15). The zero-order valence-electron chi connectivity index (χ0n) is 8.88. The lowest BCUT2D eigenvalue weighted by Crippen LogP contribution is -2.01. The van der Waals surface area contributed by atoms with E-state index in [2.05, 4.69) is 10.2 Å². The molecule has 17 heavy (non-hydrogen) atoms. The SMILES string of the molecule is Cc1nnc(Sc2ccc(N)c(C(=O)O)c2)o1. The minimum absolute atomic E-state index is 0.0613. The second-order valence-electron chi connectivity index (χ2n) is 3.24. The number of benzene rings is 1. The molecule has 1 aromatic heterocycles. The fourth-order valence-corrected chi connectivity index (χ4v) is 1.96. The zero-order valence-corrected chi connectivity index (χ0v) is 9.69. The number of hydrogen-bond donors (Lipinski definition) is 2. The number of aromatic nitrogens is 2. The Morgan fingerprint density at radius 2 is 2.24 bits per heavy atom. The van der Waals surface area contributed by atoms with Crippen LogP contribution in [0.1, 0.15) is 16.2 Å². The van der Waals surface area contributed by atoms with Crippen molar-refractivity contribution in [2.45, 2.75) is 17.0 Å². The van der Waals surface area contributed by atoms with Crippen LogP contribution in [0.5, 0.6) is 0 Å². The van der Waals surface area contributed by atoms with E-state index in [1.165, 1.54) is 23.9 Å². The van der Waals surface area contributed by atoms with E-state index < -0.39 is 5.97 Å². The van der Waals surface area contributed by atoms with Crippen LogP contribution in [0.25, 0.3) is 0 Å². The molecule has 0 aliphatic heterocycles. The molecular formula is C10H9N3O3S. The highest BCUT2D eigenvalue weighted by Crippen LogP contribution is 2.28.